The smallest absolute Gasteiger partial charge is 0.228 e. The minimum Gasteiger partial charge on any atom is -0.312 e. The Hall–Kier alpha value is -1.82. The van der Waals surface area contributed by atoms with Gasteiger partial charge in [-0.2, -0.15) is 5.26 Å². The Morgan fingerprint density at radius 3 is 3.07 bits per heavy atom. The largest absolute Gasteiger partial charge is 0.312 e. The maximum absolute atomic E-state index is 11.7. The molecule has 76 valence electrons. The van der Waals surface area contributed by atoms with Gasteiger partial charge in [-0.15, -0.1) is 0 Å². The van der Waals surface area contributed by atoms with Crippen LogP contribution in [0.4, 0.5) is 5.69 Å². The van der Waals surface area contributed by atoms with E-state index in [1.165, 1.54) is 5.56 Å². The van der Waals surface area contributed by atoms with E-state index in [-0.39, 0.29) is 5.91 Å². The fourth-order valence-electron chi connectivity index (χ4n) is 1.90. The third-order valence-electron chi connectivity index (χ3n) is 2.64. The summed E-state index contributed by atoms with van der Waals surface area (Å²) in [5.41, 5.74) is 2.24. The minimum atomic E-state index is 0.0569. The molecule has 0 aliphatic carbocycles. The summed E-state index contributed by atoms with van der Waals surface area (Å²) in [6.07, 6.45) is 1.55. The Balaban J connectivity index is 2.14. The number of amides is 1. The van der Waals surface area contributed by atoms with E-state index in [2.05, 4.69) is 0 Å². The van der Waals surface area contributed by atoms with Crippen molar-refractivity contribution in [3.8, 4) is 6.07 Å². The van der Waals surface area contributed by atoms with Crippen LogP contribution in [0.3, 0.4) is 0 Å². The van der Waals surface area contributed by atoms with E-state index in [1.54, 1.807) is 4.90 Å². The molecular formula is C12H12N2O. The summed E-state index contributed by atoms with van der Waals surface area (Å²) in [5.74, 6) is 0.0569. The van der Waals surface area contributed by atoms with Crippen molar-refractivity contribution in [1.29, 1.82) is 5.26 Å². The highest BCUT2D eigenvalue weighted by Gasteiger charge is 2.23. The first-order valence-electron chi connectivity index (χ1n) is 5.08. The maximum atomic E-state index is 11.7. The summed E-state index contributed by atoms with van der Waals surface area (Å²) in [6, 6.07) is 9.94. The molecule has 2 rings (SSSR count). The molecule has 1 aliphatic heterocycles. The molecule has 0 radical (unpaired) electrons. The Bertz CT molecular complexity index is 420. The molecule has 0 bridgehead atoms. The van der Waals surface area contributed by atoms with Gasteiger partial charge in [-0.1, -0.05) is 18.2 Å². The molecule has 15 heavy (non-hydrogen) atoms. The molecule has 1 heterocycles. The summed E-state index contributed by atoms with van der Waals surface area (Å²) >= 11 is 0. The summed E-state index contributed by atoms with van der Waals surface area (Å²) in [5, 5.41) is 8.43. The molecule has 0 spiro atoms. The first kappa shape index (κ1) is 9.72. The molecule has 0 unspecified atom stereocenters. The van der Waals surface area contributed by atoms with Gasteiger partial charge in [0, 0.05) is 25.1 Å². The molecule has 3 heteroatoms. The minimum absolute atomic E-state index is 0.0569. The lowest BCUT2D eigenvalue weighted by molar-refractivity contribution is -0.118. The van der Waals surface area contributed by atoms with E-state index >= 15 is 0 Å². The van der Waals surface area contributed by atoms with Crippen molar-refractivity contribution in [2.75, 3.05) is 11.4 Å². The van der Waals surface area contributed by atoms with Gasteiger partial charge in [0.25, 0.3) is 0 Å². The molecule has 0 aromatic heterocycles. The number of anilines is 1. The van der Waals surface area contributed by atoms with Gasteiger partial charge >= 0.3 is 0 Å². The van der Waals surface area contributed by atoms with Crippen LogP contribution in [-0.4, -0.2) is 12.5 Å². The van der Waals surface area contributed by atoms with Crippen LogP contribution in [0.5, 0.6) is 0 Å². The number of nitriles is 1. The molecule has 0 atom stereocenters. The molecule has 0 N–H and O–H groups in total. The molecule has 0 saturated heterocycles. The van der Waals surface area contributed by atoms with Crippen molar-refractivity contribution in [3.63, 3.8) is 0 Å². The number of carbonyl (C=O) groups excluding carboxylic acids is 1. The Labute approximate surface area is 88.9 Å². The van der Waals surface area contributed by atoms with E-state index in [4.69, 9.17) is 5.26 Å². The average Bonchev–Trinajstić information content (AvgIpc) is 2.69. The number of nitrogens with zero attached hydrogens (tertiary/aromatic N) is 2. The predicted octanol–water partition coefficient (Wildman–Crippen LogP) is 1.88. The van der Waals surface area contributed by atoms with Crippen LogP contribution in [0.15, 0.2) is 24.3 Å². The number of fused-ring (bicyclic) bond motifs is 1. The normalized spacial score (nSPS) is 13.4. The van der Waals surface area contributed by atoms with Crippen LogP contribution in [-0.2, 0) is 11.2 Å². The van der Waals surface area contributed by atoms with Crippen LogP contribution in [0.25, 0.3) is 0 Å². The Morgan fingerprint density at radius 1 is 1.47 bits per heavy atom. The zero-order valence-corrected chi connectivity index (χ0v) is 8.44. The van der Waals surface area contributed by atoms with E-state index in [1.807, 2.05) is 30.3 Å². The zero-order chi connectivity index (χ0) is 10.7. The third kappa shape index (κ3) is 1.84. The van der Waals surface area contributed by atoms with Crippen LogP contribution in [0.2, 0.25) is 0 Å². The molecule has 1 aromatic carbocycles. The van der Waals surface area contributed by atoms with Crippen molar-refractivity contribution in [2.24, 2.45) is 0 Å². The predicted molar refractivity (Wildman–Crippen MR) is 57.3 cm³/mol. The molecule has 1 aromatic rings. The Morgan fingerprint density at radius 2 is 2.27 bits per heavy atom. The van der Waals surface area contributed by atoms with Crippen LogP contribution >= 0.6 is 0 Å². The highest BCUT2D eigenvalue weighted by molar-refractivity contribution is 5.95. The fraction of sp³-hybridized carbons (Fsp3) is 0.333. The van der Waals surface area contributed by atoms with Crippen molar-refractivity contribution in [3.05, 3.63) is 29.8 Å². The van der Waals surface area contributed by atoms with Crippen molar-refractivity contribution >= 4 is 11.6 Å². The SMILES string of the molecule is N#CCCC(=O)N1CCc2ccccc21. The summed E-state index contributed by atoms with van der Waals surface area (Å²) in [4.78, 5) is 13.5. The Kier molecular flexibility index (Phi) is 2.68. The maximum Gasteiger partial charge on any atom is 0.228 e. The van der Waals surface area contributed by atoms with Gasteiger partial charge in [0.1, 0.15) is 0 Å². The van der Waals surface area contributed by atoms with E-state index in [0.29, 0.717) is 12.8 Å². The summed E-state index contributed by atoms with van der Waals surface area (Å²) in [7, 11) is 0. The first-order chi connectivity index (χ1) is 7.33. The monoisotopic (exact) mass is 200 g/mol. The first-order valence-corrected chi connectivity index (χ1v) is 5.08. The number of hydrogen-bond donors (Lipinski definition) is 0. The number of benzene rings is 1. The van der Waals surface area contributed by atoms with E-state index in [9.17, 15) is 4.79 Å². The van der Waals surface area contributed by atoms with Gasteiger partial charge in [0.2, 0.25) is 5.91 Å². The average molecular weight is 200 g/mol. The highest BCUT2D eigenvalue weighted by atomic mass is 16.2. The fourth-order valence-corrected chi connectivity index (χ4v) is 1.90. The lowest BCUT2D eigenvalue weighted by Gasteiger charge is -2.16. The molecule has 1 aliphatic rings. The van der Waals surface area contributed by atoms with Gasteiger partial charge in [-0.25, -0.2) is 0 Å². The molecule has 3 nitrogen and oxygen atoms in total. The van der Waals surface area contributed by atoms with E-state index in [0.717, 1.165) is 18.7 Å². The quantitative estimate of drug-likeness (QED) is 0.731. The van der Waals surface area contributed by atoms with Crippen molar-refractivity contribution < 1.29 is 4.79 Å². The number of hydrogen-bond acceptors (Lipinski definition) is 2. The van der Waals surface area contributed by atoms with Crippen molar-refractivity contribution in [2.45, 2.75) is 19.3 Å². The topological polar surface area (TPSA) is 44.1 Å². The lowest BCUT2D eigenvalue weighted by atomic mass is 10.2. The van der Waals surface area contributed by atoms with Crippen LogP contribution in [0, 0.1) is 11.3 Å². The van der Waals surface area contributed by atoms with Gasteiger partial charge in [-0.05, 0) is 18.1 Å². The molecule has 1 amide bonds. The molecule has 0 saturated carbocycles. The van der Waals surface area contributed by atoms with Crippen LogP contribution in [0.1, 0.15) is 18.4 Å². The number of rotatable bonds is 2. The van der Waals surface area contributed by atoms with Gasteiger partial charge in [0.05, 0.1) is 6.07 Å². The second kappa shape index (κ2) is 4.14. The van der Waals surface area contributed by atoms with Gasteiger partial charge in [-0.3, -0.25) is 4.79 Å². The molecule has 0 fully saturated rings. The summed E-state index contributed by atoms with van der Waals surface area (Å²) in [6.45, 7) is 0.754. The number of para-hydroxylation sites is 1. The second-order valence-corrected chi connectivity index (χ2v) is 3.58. The summed E-state index contributed by atoms with van der Waals surface area (Å²) < 4.78 is 0. The second-order valence-electron chi connectivity index (χ2n) is 3.58. The van der Waals surface area contributed by atoms with E-state index < -0.39 is 0 Å². The van der Waals surface area contributed by atoms with Gasteiger partial charge in [0.15, 0.2) is 0 Å². The van der Waals surface area contributed by atoms with Crippen molar-refractivity contribution in [1.82, 2.24) is 0 Å². The standard InChI is InChI=1S/C12H12N2O/c13-8-3-6-12(15)14-9-7-10-4-1-2-5-11(10)14/h1-2,4-5H,3,6-7,9H2. The van der Waals surface area contributed by atoms with Crippen LogP contribution < -0.4 is 4.90 Å². The lowest BCUT2D eigenvalue weighted by Crippen LogP contribution is -2.28. The molecular weight excluding hydrogens is 188 g/mol. The van der Waals surface area contributed by atoms with Gasteiger partial charge < -0.3 is 4.90 Å². The zero-order valence-electron chi connectivity index (χ0n) is 8.44. The third-order valence-corrected chi connectivity index (χ3v) is 2.64. The number of carbonyl (C=O) groups is 1. The highest BCUT2D eigenvalue weighted by Crippen LogP contribution is 2.27.